The molecule has 1 aromatic carbocycles. The molecule has 1 fully saturated rings. The van der Waals surface area contributed by atoms with Gasteiger partial charge in [0, 0.05) is 29.2 Å². The highest BCUT2D eigenvalue weighted by Crippen LogP contribution is 2.47. The van der Waals surface area contributed by atoms with E-state index in [0.717, 1.165) is 33.5 Å². The number of aromatic nitrogens is 2. The summed E-state index contributed by atoms with van der Waals surface area (Å²) in [5.41, 5.74) is 3.99. The molecule has 4 heteroatoms. The van der Waals surface area contributed by atoms with Crippen molar-refractivity contribution in [1.29, 1.82) is 0 Å². The third-order valence-corrected chi connectivity index (χ3v) is 5.16. The SMILES string of the molecule is C#Cc1c(CN2C(=C)N(C3CC3)c3ccncc32)ncc2ccccc12.CC.CC. The first kappa shape index (κ1) is 21.4. The number of terminal acetylenes is 1. The second-order valence-electron chi connectivity index (χ2n) is 6.78. The van der Waals surface area contributed by atoms with Crippen molar-refractivity contribution >= 4 is 22.1 Å². The molecular formula is C26H30N4. The summed E-state index contributed by atoms with van der Waals surface area (Å²) in [6, 6.07) is 10.7. The number of nitrogens with zero attached hydrogens (tertiary/aromatic N) is 4. The fraction of sp³-hybridized carbons (Fsp3) is 0.308. The lowest BCUT2D eigenvalue weighted by molar-refractivity contribution is 0.840. The Hall–Kier alpha value is -3.32. The van der Waals surface area contributed by atoms with Crippen LogP contribution < -0.4 is 9.80 Å². The number of hydrogen-bond acceptors (Lipinski definition) is 4. The van der Waals surface area contributed by atoms with E-state index in [0.29, 0.717) is 12.6 Å². The zero-order chi connectivity index (χ0) is 21.7. The highest BCUT2D eigenvalue weighted by molar-refractivity contribution is 5.88. The summed E-state index contributed by atoms with van der Waals surface area (Å²) in [7, 11) is 0. The second kappa shape index (κ2) is 9.45. The molecule has 2 aromatic heterocycles. The molecule has 0 radical (unpaired) electrons. The molecule has 0 spiro atoms. The van der Waals surface area contributed by atoms with Gasteiger partial charge in [-0.15, -0.1) is 6.42 Å². The van der Waals surface area contributed by atoms with Gasteiger partial charge >= 0.3 is 0 Å². The first-order valence-electron chi connectivity index (χ1n) is 10.8. The van der Waals surface area contributed by atoms with Crippen LogP contribution in [0.3, 0.4) is 0 Å². The maximum absolute atomic E-state index is 5.85. The molecule has 0 bridgehead atoms. The van der Waals surface area contributed by atoms with Crippen LogP contribution in [0.1, 0.15) is 51.8 Å². The Kier molecular flexibility index (Phi) is 6.74. The van der Waals surface area contributed by atoms with Crippen LogP contribution in [0.25, 0.3) is 10.8 Å². The van der Waals surface area contributed by atoms with Gasteiger partial charge < -0.3 is 9.80 Å². The zero-order valence-corrected chi connectivity index (χ0v) is 18.4. The fourth-order valence-corrected chi connectivity index (χ4v) is 3.75. The molecule has 2 aliphatic rings. The molecule has 0 unspecified atom stereocenters. The molecule has 0 amide bonds. The largest absolute Gasteiger partial charge is 0.323 e. The van der Waals surface area contributed by atoms with Crippen molar-refractivity contribution < 1.29 is 0 Å². The lowest BCUT2D eigenvalue weighted by atomic mass is 10.0. The van der Waals surface area contributed by atoms with Crippen LogP contribution in [0.4, 0.5) is 11.4 Å². The Bertz CT molecular complexity index is 1080. The molecule has 1 aliphatic heterocycles. The van der Waals surface area contributed by atoms with Gasteiger partial charge in [0.25, 0.3) is 0 Å². The van der Waals surface area contributed by atoms with E-state index < -0.39 is 0 Å². The monoisotopic (exact) mass is 398 g/mol. The van der Waals surface area contributed by atoms with Crippen molar-refractivity contribution in [2.45, 2.75) is 53.1 Å². The summed E-state index contributed by atoms with van der Waals surface area (Å²) in [6.45, 7) is 12.9. The molecule has 0 saturated heterocycles. The predicted octanol–water partition coefficient (Wildman–Crippen LogP) is 6.12. The molecule has 154 valence electrons. The van der Waals surface area contributed by atoms with E-state index in [4.69, 9.17) is 6.42 Å². The highest BCUT2D eigenvalue weighted by Gasteiger charge is 2.39. The number of pyridine rings is 2. The Morgan fingerprint density at radius 2 is 1.80 bits per heavy atom. The van der Waals surface area contributed by atoms with Crippen LogP contribution in [0.5, 0.6) is 0 Å². The minimum atomic E-state index is 0.547. The van der Waals surface area contributed by atoms with Gasteiger partial charge in [0.15, 0.2) is 0 Å². The van der Waals surface area contributed by atoms with Crippen LogP contribution in [0.2, 0.25) is 0 Å². The molecule has 1 aliphatic carbocycles. The lowest BCUT2D eigenvalue weighted by Crippen LogP contribution is -2.29. The summed E-state index contributed by atoms with van der Waals surface area (Å²) in [5, 5.41) is 2.13. The smallest absolute Gasteiger partial charge is 0.106 e. The van der Waals surface area contributed by atoms with Crippen LogP contribution in [0, 0.1) is 12.3 Å². The highest BCUT2D eigenvalue weighted by atomic mass is 15.4. The van der Waals surface area contributed by atoms with Crippen molar-refractivity contribution in [1.82, 2.24) is 9.97 Å². The zero-order valence-electron chi connectivity index (χ0n) is 18.4. The summed E-state index contributed by atoms with van der Waals surface area (Å²) in [5.74, 6) is 3.83. The van der Waals surface area contributed by atoms with Gasteiger partial charge in [0.2, 0.25) is 0 Å². The van der Waals surface area contributed by atoms with Gasteiger partial charge in [-0.05, 0) is 18.9 Å². The topological polar surface area (TPSA) is 32.3 Å². The van der Waals surface area contributed by atoms with Gasteiger partial charge in [-0.25, -0.2) is 0 Å². The van der Waals surface area contributed by atoms with Gasteiger partial charge in [0.05, 0.1) is 35.4 Å². The van der Waals surface area contributed by atoms with Crippen LogP contribution in [-0.4, -0.2) is 16.0 Å². The van der Waals surface area contributed by atoms with Crippen LogP contribution >= 0.6 is 0 Å². The van der Waals surface area contributed by atoms with Gasteiger partial charge in [0.1, 0.15) is 5.82 Å². The quantitative estimate of drug-likeness (QED) is 0.497. The average molecular weight is 399 g/mol. The summed E-state index contributed by atoms with van der Waals surface area (Å²) in [6.07, 6.45) is 13.9. The number of anilines is 2. The standard InChI is InChI=1S/C22H18N4.2C2H6/c1-3-18-19-7-5-4-6-16(19)12-24-20(18)14-25-15(2)26(17-8-9-17)21-10-11-23-13-22(21)25;2*1-2/h1,4-7,10-13,17H,2,8-9,14H2;2*1-2H3. The summed E-state index contributed by atoms with van der Waals surface area (Å²) >= 11 is 0. The normalized spacial score (nSPS) is 14.3. The van der Waals surface area contributed by atoms with E-state index in [9.17, 15) is 0 Å². The number of hydrogen-bond donors (Lipinski definition) is 0. The van der Waals surface area contributed by atoms with E-state index in [1.165, 1.54) is 18.5 Å². The number of benzene rings is 1. The van der Waals surface area contributed by atoms with E-state index >= 15 is 0 Å². The first-order valence-corrected chi connectivity index (χ1v) is 10.8. The number of fused-ring (bicyclic) bond motifs is 2. The molecule has 30 heavy (non-hydrogen) atoms. The third-order valence-electron chi connectivity index (χ3n) is 5.16. The van der Waals surface area contributed by atoms with Crippen molar-refractivity contribution in [2.24, 2.45) is 0 Å². The molecule has 5 rings (SSSR count). The molecule has 0 atom stereocenters. The molecule has 3 heterocycles. The van der Waals surface area contributed by atoms with Gasteiger partial charge in [-0.2, -0.15) is 0 Å². The Morgan fingerprint density at radius 3 is 2.50 bits per heavy atom. The van der Waals surface area contributed by atoms with Crippen LogP contribution in [-0.2, 0) is 6.54 Å². The lowest BCUT2D eigenvalue weighted by Gasteiger charge is -2.24. The molecular weight excluding hydrogens is 368 g/mol. The Labute approximate surface area is 180 Å². The Morgan fingerprint density at radius 1 is 1.07 bits per heavy atom. The average Bonchev–Trinajstić information content (AvgIpc) is 3.61. The first-order chi connectivity index (χ1) is 14.8. The summed E-state index contributed by atoms with van der Waals surface area (Å²) in [4.78, 5) is 13.5. The minimum Gasteiger partial charge on any atom is -0.323 e. The molecule has 0 N–H and O–H groups in total. The van der Waals surface area contributed by atoms with Crippen molar-refractivity contribution in [3.05, 3.63) is 72.6 Å². The van der Waals surface area contributed by atoms with Gasteiger partial charge in [-0.3, -0.25) is 9.97 Å². The second-order valence-corrected chi connectivity index (χ2v) is 6.78. The van der Waals surface area contributed by atoms with Crippen LogP contribution in [0.15, 0.2) is 61.3 Å². The van der Waals surface area contributed by atoms with E-state index in [1.807, 2.05) is 64.5 Å². The minimum absolute atomic E-state index is 0.547. The number of rotatable bonds is 3. The Balaban J connectivity index is 0.000000606. The molecule has 1 saturated carbocycles. The van der Waals surface area contributed by atoms with E-state index in [-0.39, 0.29) is 0 Å². The maximum Gasteiger partial charge on any atom is 0.106 e. The van der Waals surface area contributed by atoms with Gasteiger partial charge in [-0.1, -0.05) is 64.5 Å². The van der Waals surface area contributed by atoms with E-state index in [1.54, 1.807) is 0 Å². The summed E-state index contributed by atoms with van der Waals surface area (Å²) < 4.78 is 0. The van der Waals surface area contributed by atoms with E-state index in [2.05, 4.69) is 44.4 Å². The maximum atomic E-state index is 5.85. The fourth-order valence-electron chi connectivity index (χ4n) is 3.75. The molecule has 3 aromatic rings. The predicted molar refractivity (Wildman–Crippen MR) is 127 cm³/mol. The molecule has 4 nitrogen and oxygen atoms in total. The van der Waals surface area contributed by atoms with Crippen molar-refractivity contribution in [3.63, 3.8) is 0 Å². The van der Waals surface area contributed by atoms with Crippen molar-refractivity contribution in [3.8, 4) is 12.3 Å². The third kappa shape index (κ3) is 3.76. The van der Waals surface area contributed by atoms with Crippen molar-refractivity contribution in [2.75, 3.05) is 9.80 Å².